The van der Waals surface area contributed by atoms with Gasteiger partial charge in [-0.15, -0.1) is 37.3 Å². The molecule has 0 spiro atoms. The number of allylic oxidation sites excluding steroid dienone is 4. The molecule has 1 atom stereocenters. The van der Waals surface area contributed by atoms with Crippen LogP contribution in [-0.4, -0.2) is 15.6 Å². The van der Waals surface area contributed by atoms with Crippen LogP contribution >= 0.6 is 24.8 Å². The standard InChI is InChI=1S/C5H5.C4H10N.C2H7Si.2ClH.Ti/c1-2-4-5-3-1;1-3-4(2)5;1-3-2;;;/h1-3H,4H2;4-5H,3H2,1-2H3;3H,1-2H3;2*1H;/q2*-1;;;;+2. The molecule has 0 heterocycles. The van der Waals surface area contributed by atoms with Gasteiger partial charge < -0.3 is 5.73 Å². The Balaban J connectivity index is -0.0000000356. The van der Waals surface area contributed by atoms with E-state index >= 15 is 0 Å². The Bertz CT molecular complexity index is 132. The molecule has 5 heteroatoms. The van der Waals surface area contributed by atoms with Crippen LogP contribution in [-0.2, 0) is 21.7 Å². The van der Waals surface area contributed by atoms with E-state index in [-0.39, 0.29) is 52.6 Å². The molecule has 0 bridgehead atoms. The van der Waals surface area contributed by atoms with Crippen LogP contribution in [0.25, 0.3) is 5.73 Å². The van der Waals surface area contributed by atoms with Crippen molar-refractivity contribution in [3.05, 3.63) is 30.0 Å². The summed E-state index contributed by atoms with van der Waals surface area (Å²) in [5.41, 5.74) is 6.83. The molecular formula is C11H24Cl2NSiTi. The zero-order valence-electron chi connectivity index (χ0n) is 10.6. The second-order valence-corrected chi connectivity index (χ2v) is 4.04. The van der Waals surface area contributed by atoms with Gasteiger partial charge in [-0.25, -0.2) is 12.2 Å². The summed E-state index contributed by atoms with van der Waals surface area (Å²) in [6.45, 7) is 8.32. The fraction of sp³-hybridized carbons (Fsp3) is 0.636. The van der Waals surface area contributed by atoms with Crippen molar-refractivity contribution in [3.8, 4) is 0 Å². The number of rotatable bonds is 1. The minimum absolute atomic E-state index is 0. The number of halogens is 2. The Morgan fingerprint density at radius 3 is 1.81 bits per heavy atom. The van der Waals surface area contributed by atoms with E-state index in [4.69, 9.17) is 5.73 Å². The summed E-state index contributed by atoms with van der Waals surface area (Å²) in [5.74, 6) is 0. The van der Waals surface area contributed by atoms with E-state index < -0.39 is 0 Å². The monoisotopic (exact) mass is 316 g/mol. The Labute approximate surface area is 131 Å². The van der Waals surface area contributed by atoms with Crippen LogP contribution < -0.4 is 0 Å². The molecule has 0 aromatic carbocycles. The van der Waals surface area contributed by atoms with Gasteiger partial charge in [0.25, 0.3) is 0 Å². The molecular weight excluding hydrogens is 293 g/mol. The molecule has 1 radical (unpaired) electrons. The van der Waals surface area contributed by atoms with Crippen molar-refractivity contribution in [2.45, 2.75) is 45.8 Å². The molecule has 1 N–H and O–H groups in total. The average molecular weight is 317 g/mol. The predicted octanol–water partition coefficient (Wildman–Crippen LogP) is 4.50. The first kappa shape index (κ1) is 30.2. The summed E-state index contributed by atoms with van der Waals surface area (Å²) in [4.78, 5) is 0. The quantitative estimate of drug-likeness (QED) is 0.502. The maximum absolute atomic E-state index is 6.83. The molecule has 0 fully saturated rings. The Morgan fingerprint density at radius 2 is 1.75 bits per heavy atom. The van der Waals surface area contributed by atoms with Gasteiger partial charge in [0.1, 0.15) is 0 Å². The first-order chi connectivity index (χ1) is 6.18. The van der Waals surface area contributed by atoms with Crippen molar-refractivity contribution in [1.82, 2.24) is 0 Å². The van der Waals surface area contributed by atoms with Gasteiger partial charge in [0, 0.05) is 9.52 Å². The zero-order valence-corrected chi connectivity index (χ0v) is 15.0. The van der Waals surface area contributed by atoms with Crippen LogP contribution in [0.1, 0.15) is 26.7 Å². The van der Waals surface area contributed by atoms with Crippen LogP contribution in [0.2, 0.25) is 13.1 Å². The largest absolute Gasteiger partial charge is 2.00 e. The molecule has 1 rings (SSSR count). The van der Waals surface area contributed by atoms with Gasteiger partial charge in [-0.3, -0.25) is 6.08 Å². The molecule has 1 unspecified atom stereocenters. The van der Waals surface area contributed by atoms with Crippen molar-refractivity contribution in [2.75, 3.05) is 0 Å². The van der Waals surface area contributed by atoms with Crippen LogP contribution in [0.15, 0.2) is 18.2 Å². The topological polar surface area (TPSA) is 23.8 Å². The van der Waals surface area contributed by atoms with Gasteiger partial charge in [0.05, 0.1) is 0 Å². The summed E-state index contributed by atoms with van der Waals surface area (Å²) >= 11 is 0. The zero-order chi connectivity index (χ0) is 10.5. The second kappa shape index (κ2) is 29.7. The van der Waals surface area contributed by atoms with Crippen LogP contribution in [0.3, 0.4) is 0 Å². The minimum Gasteiger partial charge on any atom is -0.675 e. The fourth-order valence-corrected chi connectivity index (χ4v) is 0.340. The Hall–Kier alpha value is 0.951. The summed E-state index contributed by atoms with van der Waals surface area (Å²) in [7, 11) is 0.750. The summed E-state index contributed by atoms with van der Waals surface area (Å²) in [6, 6.07) is 0.134. The van der Waals surface area contributed by atoms with E-state index in [0.717, 1.165) is 22.4 Å². The van der Waals surface area contributed by atoms with E-state index in [1.807, 2.05) is 26.0 Å². The molecule has 0 saturated carbocycles. The van der Waals surface area contributed by atoms with Crippen LogP contribution in [0.5, 0.6) is 0 Å². The first-order valence-electron chi connectivity index (χ1n) is 4.85. The van der Waals surface area contributed by atoms with E-state index in [2.05, 4.69) is 25.2 Å². The summed E-state index contributed by atoms with van der Waals surface area (Å²) in [5, 5.41) is 0. The van der Waals surface area contributed by atoms with Crippen molar-refractivity contribution in [3.63, 3.8) is 0 Å². The number of nitrogens with one attached hydrogen (secondary N) is 1. The van der Waals surface area contributed by atoms with Gasteiger partial charge in [0.2, 0.25) is 0 Å². The van der Waals surface area contributed by atoms with Crippen molar-refractivity contribution in [2.24, 2.45) is 0 Å². The summed E-state index contributed by atoms with van der Waals surface area (Å²) < 4.78 is 0. The molecule has 0 saturated heterocycles. The maximum Gasteiger partial charge on any atom is 2.00 e. The van der Waals surface area contributed by atoms with Gasteiger partial charge in [-0.05, 0) is 0 Å². The molecule has 1 aliphatic rings. The van der Waals surface area contributed by atoms with E-state index in [1.54, 1.807) is 0 Å². The van der Waals surface area contributed by atoms with Gasteiger partial charge in [0.15, 0.2) is 0 Å². The first-order valence-corrected chi connectivity index (χ1v) is 7.16. The smallest absolute Gasteiger partial charge is 0.675 e. The maximum atomic E-state index is 6.83. The molecule has 1 nitrogen and oxygen atoms in total. The van der Waals surface area contributed by atoms with Gasteiger partial charge in [-0.1, -0.05) is 33.4 Å². The van der Waals surface area contributed by atoms with Crippen molar-refractivity contribution >= 4 is 34.3 Å². The third kappa shape index (κ3) is 46.0. The summed E-state index contributed by atoms with van der Waals surface area (Å²) in [6.07, 6.45) is 11.0. The molecule has 0 aromatic rings. The fourth-order valence-electron chi connectivity index (χ4n) is 0.340. The average Bonchev–Trinajstić information content (AvgIpc) is 2.62. The molecule has 0 amide bonds. The third-order valence-electron chi connectivity index (χ3n) is 1.20. The molecule has 95 valence electrons. The molecule has 16 heavy (non-hydrogen) atoms. The van der Waals surface area contributed by atoms with E-state index in [0.29, 0.717) is 0 Å². The number of hydrogen-bond donors (Lipinski definition) is 0. The minimum atomic E-state index is 0. The van der Waals surface area contributed by atoms with E-state index in [9.17, 15) is 0 Å². The Morgan fingerprint density at radius 1 is 1.38 bits per heavy atom. The number of hydrogen-bond acceptors (Lipinski definition) is 0. The molecule has 0 aromatic heterocycles. The molecule has 1 aliphatic carbocycles. The van der Waals surface area contributed by atoms with Crippen LogP contribution in [0, 0.1) is 6.08 Å². The van der Waals surface area contributed by atoms with E-state index in [1.165, 1.54) is 0 Å². The molecule has 0 aliphatic heterocycles. The predicted molar refractivity (Wildman–Crippen MR) is 79.0 cm³/mol. The Kier molecular flexibility index (Phi) is 56.1. The second-order valence-electron chi connectivity index (χ2n) is 2.89. The van der Waals surface area contributed by atoms with Gasteiger partial charge in [-0.2, -0.15) is 6.08 Å². The third-order valence-corrected chi connectivity index (χ3v) is 1.20. The van der Waals surface area contributed by atoms with Crippen LogP contribution in [0.4, 0.5) is 0 Å². The van der Waals surface area contributed by atoms with Crippen molar-refractivity contribution in [1.29, 1.82) is 0 Å². The SMILES string of the molecule is CCC(C)[NH-].C[SiH]C.Cl.Cl.[C-]1=CC=CC1.[Ti+2]. The normalized spacial score (nSPS) is 11.3. The van der Waals surface area contributed by atoms with Crippen molar-refractivity contribution < 1.29 is 21.7 Å². The van der Waals surface area contributed by atoms with Gasteiger partial charge >= 0.3 is 21.7 Å².